The van der Waals surface area contributed by atoms with Gasteiger partial charge in [0.15, 0.2) is 0 Å². The number of pyridine rings is 1. The predicted octanol–water partition coefficient (Wildman–Crippen LogP) is 4.23. The largest absolute Gasteiger partial charge is 0.573 e. The minimum Gasteiger partial charge on any atom is -0.492 e. The van der Waals surface area contributed by atoms with Crippen LogP contribution < -0.4 is 9.47 Å². The molecule has 2 rings (SSSR count). The molecule has 1 atom stereocenters. The summed E-state index contributed by atoms with van der Waals surface area (Å²) < 4.78 is 45.8. The van der Waals surface area contributed by atoms with Crippen molar-refractivity contribution in [2.75, 3.05) is 6.61 Å². The molecule has 0 saturated heterocycles. The van der Waals surface area contributed by atoms with E-state index in [1.165, 1.54) is 12.1 Å². The molecule has 0 N–H and O–H groups in total. The highest BCUT2D eigenvalue weighted by molar-refractivity contribution is 5.33. The Morgan fingerprint density at radius 3 is 2.29 bits per heavy atom. The Morgan fingerprint density at radius 2 is 1.79 bits per heavy atom. The summed E-state index contributed by atoms with van der Waals surface area (Å²) in [5.74, 6) is 0.0191. The van der Waals surface area contributed by atoms with E-state index in [2.05, 4.69) is 15.8 Å². The van der Waals surface area contributed by atoms with Gasteiger partial charge >= 0.3 is 6.36 Å². The van der Waals surface area contributed by atoms with Crippen LogP contribution in [-0.2, 0) is 5.41 Å². The van der Waals surface area contributed by atoms with Crippen LogP contribution in [0.25, 0.3) is 0 Å². The lowest BCUT2D eigenvalue weighted by Gasteiger charge is -2.25. The first-order chi connectivity index (χ1) is 11.4. The molecule has 0 fully saturated rings. The van der Waals surface area contributed by atoms with Crippen molar-refractivity contribution in [2.24, 2.45) is 0 Å². The molecule has 0 bridgehead atoms. The standard InChI is InChI=1S/C17H15F3N2O2/c1-2-16(11-21,13-4-3-9-22-10-13)12-23-14-5-7-15(8-6-14)24-17(18,19)20/h3-10H,2,12H2,1H3. The molecule has 1 unspecified atom stereocenters. The molecule has 0 radical (unpaired) electrons. The Balaban J connectivity index is 2.09. The summed E-state index contributed by atoms with van der Waals surface area (Å²) in [7, 11) is 0. The Labute approximate surface area is 137 Å². The van der Waals surface area contributed by atoms with Gasteiger partial charge in [0.25, 0.3) is 0 Å². The van der Waals surface area contributed by atoms with E-state index in [9.17, 15) is 18.4 Å². The number of hydrogen-bond acceptors (Lipinski definition) is 4. The smallest absolute Gasteiger partial charge is 0.492 e. The van der Waals surface area contributed by atoms with E-state index in [-0.39, 0.29) is 12.4 Å². The van der Waals surface area contributed by atoms with Crippen LogP contribution in [0.1, 0.15) is 18.9 Å². The van der Waals surface area contributed by atoms with Crippen molar-refractivity contribution in [3.63, 3.8) is 0 Å². The Hall–Kier alpha value is -2.75. The molecule has 7 heteroatoms. The fourth-order valence-electron chi connectivity index (χ4n) is 2.16. The summed E-state index contributed by atoms with van der Waals surface area (Å²) in [4.78, 5) is 4.02. The van der Waals surface area contributed by atoms with Gasteiger partial charge in [0.1, 0.15) is 23.5 Å². The van der Waals surface area contributed by atoms with Crippen LogP contribution in [0, 0.1) is 11.3 Å². The molecule has 0 aliphatic carbocycles. The molecule has 1 heterocycles. The number of hydrogen-bond donors (Lipinski definition) is 0. The van der Waals surface area contributed by atoms with Crippen molar-refractivity contribution in [3.8, 4) is 17.6 Å². The second-order valence-corrected chi connectivity index (χ2v) is 5.10. The van der Waals surface area contributed by atoms with Gasteiger partial charge in [-0.3, -0.25) is 4.98 Å². The van der Waals surface area contributed by atoms with Crippen LogP contribution in [0.4, 0.5) is 13.2 Å². The fraction of sp³-hybridized carbons (Fsp3) is 0.294. The molecule has 2 aromatic rings. The molecule has 0 amide bonds. The van der Waals surface area contributed by atoms with Crippen molar-refractivity contribution in [3.05, 3.63) is 54.4 Å². The third kappa shape index (κ3) is 4.38. The number of nitrogens with zero attached hydrogens (tertiary/aromatic N) is 2. The van der Waals surface area contributed by atoms with E-state index in [0.29, 0.717) is 12.2 Å². The van der Waals surface area contributed by atoms with Crippen LogP contribution in [0.2, 0.25) is 0 Å². The van der Waals surface area contributed by atoms with Crippen LogP contribution >= 0.6 is 0 Å². The number of rotatable bonds is 6. The third-order valence-corrected chi connectivity index (χ3v) is 3.57. The molecule has 0 aliphatic rings. The zero-order valence-corrected chi connectivity index (χ0v) is 12.9. The van der Waals surface area contributed by atoms with Gasteiger partial charge in [-0.2, -0.15) is 5.26 Å². The zero-order valence-electron chi connectivity index (χ0n) is 12.9. The molecule has 0 aliphatic heterocycles. The highest BCUT2D eigenvalue weighted by Gasteiger charge is 2.32. The number of benzene rings is 1. The van der Waals surface area contributed by atoms with Gasteiger partial charge in [-0.25, -0.2) is 0 Å². The Morgan fingerprint density at radius 1 is 1.12 bits per heavy atom. The average molecular weight is 336 g/mol. The van der Waals surface area contributed by atoms with E-state index < -0.39 is 11.8 Å². The number of aromatic nitrogens is 1. The van der Waals surface area contributed by atoms with Crippen molar-refractivity contribution < 1.29 is 22.6 Å². The van der Waals surface area contributed by atoms with Gasteiger partial charge in [-0.05, 0) is 42.3 Å². The van der Waals surface area contributed by atoms with Crippen molar-refractivity contribution in [1.29, 1.82) is 5.26 Å². The van der Waals surface area contributed by atoms with E-state index in [1.54, 1.807) is 24.5 Å². The maximum absolute atomic E-state index is 12.1. The van der Waals surface area contributed by atoms with Crippen LogP contribution in [0.5, 0.6) is 11.5 Å². The predicted molar refractivity (Wildman–Crippen MR) is 80.4 cm³/mol. The summed E-state index contributed by atoms with van der Waals surface area (Å²) in [6, 6.07) is 10.8. The molecular formula is C17H15F3N2O2. The zero-order chi connectivity index (χ0) is 17.6. The lowest BCUT2D eigenvalue weighted by atomic mass is 9.81. The highest BCUT2D eigenvalue weighted by Crippen LogP contribution is 2.29. The monoisotopic (exact) mass is 336 g/mol. The molecule has 126 valence electrons. The summed E-state index contributed by atoms with van der Waals surface area (Å²) in [6.45, 7) is 1.92. The van der Waals surface area contributed by atoms with E-state index in [1.807, 2.05) is 6.92 Å². The molecule has 4 nitrogen and oxygen atoms in total. The summed E-state index contributed by atoms with van der Waals surface area (Å²) in [5.41, 5.74) is -0.151. The molecule has 24 heavy (non-hydrogen) atoms. The molecule has 0 spiro atoms. The Bertz CT molecular complexity index is 697. The maximum Gasteiger partial charge on any atom is 0.573 e. The minimum atomic E-state index is -4.74. The topological polar surface area (TPSA) is 55.1 Å². The highest BCUT2D eigenvalue weighted by atomic mass is 19.4. The van der Waals surface area contributed by atoms with Gasteiger partial charge in [0.2, 0.25) is 0 Å². The van der Waals surface area contributed by atoms with Gasteiger partial charge in [0.05, 0.1) is 6.07 Å². The molecule has 1 aromatic carbocycles. The second-order valence-electron chi connectivity index (χ2n) is 5.10. The first kappa shape index (κ1) is 17.6. The summed E-state index contributed by atoms with van der Waals surface area (Å²) in [6.07, 6.45) is -1.01. The second kappa shape index (κ2) is 7.21. The first-order valence-electron chi connectivity index (χ1n) is 7.19. The lowest BCUT2D eigenvalue weighted by Crippen LogP contribution is -2.31. The van der Waals surface area contributed by atoms with Crippen molar-refractivity contribution in [1.82, 2.24) is 4.98 Å². The van der Waals surface area contributed by atoms with Gasteiger partial charge in [-0.1, -0.05) is 13.0 Å². The lowest BCUT2D eigenvalue weighted by molar-refractivity contribution is -0.274. The maximum atomic E-state index is 12.1. The normalized spacial score (nSPS) is 13.6. The first-order valence-corrected chi connectivity index (χ1v) is 7.19. The number of nitriles is 1. The molecule has 1 aromatic heterocycles. The number of alkyl halides is 3. The summed E-state index contributed by atoms with van der Waals surface area (Å²) >= 11 is 0. The van der Waals surface area contributed by atoms with Gasteiger partial charge in [0, 0.05) is 12.4 Å². The summed E-state index contributed by atoms with van der Waals surface area (Å²) in [5, 5.41) is 9.58. The van der Waals surface area contributed by atoms with E-state index in [4.69, 9.17) is 4.74 Å². The van der Waals surface area contributed by atoms with Gasteiger partial charge in [-0.15, -0.1) is 13.2 Å². The molecular weight excluding hydrogens is 321 g/mol. The van der Waals surface area contributed by atoms with Crippen LogP contribution in [0.15, 0.2) is 48.8 Å². The van der Waals surface area contributed by atoms with Crippen LogP contribution in [0.3, 0.4) is 0 Å². The SMILES string of the molecule is CCC(C#N)(COc1ccc(OC(F)(F)F)cc1)c1cccnc1. The van der Waals surface area contributed by atoms with E-state index >= 15 is 0 Å². The van der Waals surface area contributed by atoms with Gasteiger partial charge < -0.3 is 9.47 Å². The van der Waals surface area contributed by atoms with Crippen LogP contribution in [-0.4, -0.2) is 18.0 Å². The Kier molecular flexibility index (Phi) is 5.29. The fourth-order valence-corrected chi connectivity index (χ4v) is 2.16. The van der Waals surface area contributed by atoms with Crippen molar-refractivity contribution >= 4 is 0 Å². The average Bonchev–Trinajstić information content (AvgIpc) is 2.57. The molecule has 0 saturated carbocycles. The van der Waals surface area contributed by atoms with E-state index in [0.717, 1.165) is 17.7 Å². The third-order valence-electron chi connectivity index (χ3n) is 3.57. The van der Waals surface area contributed by atoms with Crippen molar-refractivity contribution in [2.45, 2.75) is 25.1 Å². The number of ether oxygens (including phenoxy) is 2. The number of halogens is 3. The minimum absolute atomic E-state index is 0.0607. The quantitative estimate of drug-likeness (QED) is 0.792.